The monoisotopic (exact) mass is 424 g/mol. The average molecular weight is 424 g/mol. The Morgan fingerprint density at radius 2 is 1.77 bits per heavy atom. The summed E-state index contributed by atoms with van der Waals surface area (Å²) in [6.45, 7) is 1.78. The number of nitrogens with one attached hydrogen (secondary N) is 2. The molecule has 0 aliphatic rings. The summed E-state index contributed by atoms with van der Waals surface area (Å²) < 4.78 is 1.82. The molecule has 154 valence electrons. The van der Waals surface area contributed by atoms with Gasteiger partial charge in [0.05, 0.1) is 12.3 Å². The number of anilines is 1. The largest absolute Gasteiger partial charge is 0.368 e. The standard InChI is InChI=1S/C20H20N6O3S/c1-13-2-8-16(9-3-13)26-12-23-25-20(26)30-11-18(28)24-15-6-4-14(5-7-15)19(29)22-10-17(21)27/h2-9,12H,10-11H2,1H3,(H2,21,27)(H,22,29)(H,24,28). The molecular weight excluding hydrogens is 404 g/mol. The molecule has 0 saturated heterocycles. The van der Waals surface area contributed by atoms with E-state index in [4.69, 9.17) is 5.73 Å². The number of carbonyl (C=O) groups is 3. The van der Waals surface area contributed by atoms with E-state index < -0.39 is 11.8 Å². The molecule has 1 heterocycles. The third-order valence-corrected chi connectivity index (χ3v) is 4.96. The van der Waals surface area contributed by atoms with E-state index in [1.165, 1.54) is 11.8 Å². The molecule has 1 aromatic heterocycles. The number of carbonyl (C=O) groups excluding carboxylic acids is 3. The average Bonchev–Trinajstić information content (AvgIpc) is 3.20. The summed E-state index contributed by atoms with van der Waals surface area (Å²) in [6.07, 6.45) is 1.60. The second kappa shape index (κ2) is 9.70. The van der Waals surface area contributed by atoms with Crippen molar-refractivity contribution in [2.75, 3.05) is 17.6 Å². The number of rotatable bonds is 8. The van der Waals surface area contributed by atoms with Crippen molar-refractivity contribution >= 4 is 35.2 Å². The van der Waals surface area contributed by atoms with Crippen LogP contribution in [-0.2, 0) is 9.59 Å². The van der Waals surface area contributed by atoms with Crippen molar-refractivity contribution in [3.63, 3.8) is 0 Å². The fourth-order valence-electron chi connectivity index (χ4n) is 2.51. The molecule has 0 radical (unpaired) electrons. The van der Waals surface area contributed by atoms with Gasteiger partial charge in [-0.3, -0.25) is 19.0 Å². The Morgan fingerprint density at radius 3 is 2.43 bits per heavy atom. The molecule has 3 rings (SSSR count). The fourth-order valence-corrected chi connectivity index (χ4v) is 3.24. The minimum atomic E-state index is -0.622. The minimum absolute atomic E-state index is 0.144. The maximum absolute atomic E-state index is 12.3. The first-order chi connectivity index (χ1) is 14.4. The summed E-state index contributed by atoms with van der Waals surface area (Å²) in [5.74, 6) is -1.12. The smallest absolute Gasteiger partial charge is 0.251 e. The van der Waals surface area contributed by atoms with Gasteiger partial charge in [-0.15, -0.1) is 10.2 Å². The van der Waals surface area contributed by atoms with Crippen LogP contribution >= 0.6 is 11.8 Å². The first-order valence-corrected chi connectivity index (χ1v) is 9.97. The van der Waals surface area contributed by atoms with E-state index in [-0.39, 0.29) is 18.2 Å². The van der Waals surface area contributed by atoms with Gasteiger partial charge in [0.15, 0.2) is 5.16 Å². The number of amides is 3. The molecule has 3 aromatic rings. The van der Waals surface area contributed by atoms with Gasteiger partial charge in [0, 0.05) is 16.9 Å². The van der Waals surface area contributed by atoms with Crippen molar-refractivity contribution < 1.29 is 14.4 Å². The summed E-state index contributed by atoms with van der Waals surface area (Å²) in [7, 11) is 0. The van der Waals surface area contributed by atoms with Crippen LogP contribution in [0, 0.1) is 6.92 Å². The number of primary amides is 1. The van der Waals surface area contributed by atoms with Crippen LogP contribution in [0.4, 0.5) is 5.69 Å². The lowest BCUT2D eigenvalue weighted by Gasteiger charge is -2.08. The molecule has 4 N–H and O–H groups in total. The molecule has 0 bridgehead atoms. The van der Waals surface area contributed by atoms with E-state index in [9.17, 15) is 14.4 Å². The van der Waals surface area contributed by atoms with Crippen molar-refractivity contribution in [2.24, 2.45) is 5.73 Å². The molecule has 0 fully saturated rings. The molecule has 0 atom stereocenters. The second-order valence-electron chi connectivity index (χ2n) is 6.38. The van der Waals surface area contributed by atoms with E-state index >= 15 is 0 Å². The maximum Gasteiger partial charge on any atom is 0.251 e. The molecule has 0 aliphatic heterocycles. The number of aryl methyl sites for hydroxylation is 1. The van der Waals surface area contributed by atoms with Crippen LogP contribution in [0.15, 0.2) is 60.0 Å². The van der Waals surface area contributed by atoms with Crippen LogP contribution in [0.25, 0.3) is 5.69 Å². The van der Waals surface area contributed by atoms with E-state index in [0.29, 0.717) is 16.4 Å². The van der Waals surface area contributed by atoms with Crippen LogP contribution in [-0.4, -0.2) is 44.8 Å². The third-order valence-electron chi connectivity index (χ3n) is 4.02. The summed E-state index contributed by atoms with van der Waals surface area (Å²) in [4.78, 5) is 34.9. The SMILES string of the molecule is Cc1ccc(-n2cnnc2SCC(=O)Nc2ccc(C(=O)NCC(N)=O)cc2)cc1. The van der Waals surface area contributed by atoms with Crippen LogP contribution in [0.2, 0.25) is 0 Å². The molecule has 0 spiro atoms. The van der Waals surface area contributed by atoms with E-state index in [1.807, 2.05) is 35.8 Å². The molecule has 3 amide bonds. The highest BCUT2D eigenvalue weighted by Crippen LogP contribution is 2.20. The minimum Gasteiger partial charge on any atom is -0.368 e. The highest BCUT2D eigenvalue weighted by Gasteiger charge is 2.11. The van der Waals surface area contributed by atoms with E-state index in [1.54, 1.807) is 30.6 Å². The zero-order valence-electron chi connectivity index (χ0n) is 16.2. The van der Waals surface area contributed by atoms with Crippen LogP contribution in [0.3, 0.4) is 0 Å². The topological polar surface area (TPSA) is 132 Å². The zero-order valence-corrected chi connectivity index (χ0v) is 17.0. The molecule has 9 nitrogen and oxygen atoms in total. The second-order valence-corrected chi connectivity index (χ2v) is 7.32. The Balaban J connectivity index is 1.54. The summed E-state index contributed by atoms with van der Waals surface area (Å²) in [5, 5.41) is 13.8. The Bertz CT molecular complexity index is 1050. The predicted molar refractivity (Wildman–Crippen MR) is 113 cm³/mol. The van der Waals surface area contributed by atoms with Gasteiger partial charge in [0.1, 0.15) is 6.33 Å². The van der Waals surface area contributed by atoms with Gasteiger partial charge in [-0.05, 0) is 43.3 Å². The van der Waals surface area contributed by atoms with Crippen LogP contribution < -0.4 is 16.4 Å². The Hall–Kier alpha value is -3.66. The van der Waals surface area contributed by atoms with Gasteiger partial charge in [0.25, 0.3) is 5.91 Å². The molecule has 0 saturated carbocycles. The maximum atomic E-state index is 12.3. The van der Waals surface area contributed by atoms with Crippen LogP contribution in [0.5, 0.6) is 0 Å². The van der Waals surface area contributed by atoms with Crippen molar-refractivity contribution in [1.29, 1.82) is 0 Å². The van der Waals surface area contributed by atoms with Gasteiger partial charge in [-0.2, -0.15) is 0 Å². The lowest BCUT2D eigenvalue weighted by Crippen LogP contribution is -2.33. The molecule has 0 aliphatic carbocycles. The van der Waals surface area contributed by atoms with Crippen molar-refractivity contribution in [3.05, 3.63) is 66.0 Å². The lowest BCUT2D eigenvalue weighted by atomic mass is 10.2. The summed E-state index contributed by atoms with van der Waals surface area (Å²) >= 11 is 1.27. The van der Waals surface area contributed by atoms with Gasteiger partial charge in [-0.1, -0.05) is 29.5 Å². The number of nitrogens with zero attached hydrogens (tertiary/aromatic N) is 3. The Morgan fingerprint density at radius 1 is 1.07 bits per heavy atom. The number of nitrogens with two attached hydrogens (primary N) is 1. The highest BCUT2D eigenvalue weighted by molar-refractivity contribution is 7.99. The van der Waals surface area contributed by atoms with E-state index in [0.717, 1.165) is 11.3 Å². The predicted octanol–water partition coefficient (Wildman–Crippen LogP) is 1.52. The summed E-state index contributed by atoms with van der Waals surface area (Å²) in [6, 6.07) is 14.2. The van der Waals surface area contributed by atoms with Gasteiger partial charge in [-0.25, -0.2) is 0 Å². The summed E-state index contributed by atoms with van der Waals surface area (Å²) in [5.41, 5.74) is 7.97. The molecular formula is C20H20N6O3S. The Kier molecular flexibility index (Phi) is 6.81. The molecule has 2 aromatic carbocycles. The number of aromatic nitrogens is 3. The number of hydrogen-bond donors (Lipinski definition) is 3. The quantitative estimate of drug-likeness (QED) is 0.470. The van der Waals surface area contributed by atoms with E-state index in [2.05, 4.69) is 20.8 Å². The highest BCUT2D eigenvalue weighted by atomic mass is 32.2. The zero-order chi connectivity index (χ0) is 21.5. The van der Waals surface area contributed by atoms with Crippen molar-refractivity contribution in [2.45, 2.75) is 12.1 Å². The first kappa shape index (κ1) is 21.1. The van der Waals surface area contributed by atoms with Gasteiger partial charge >= 0.3 is 0 Å². The van der Waals surface area contributed by atoms with Crippen molar-refractivity contribution in [1.82, 2.24) is 20.1 Å². The van der Waals surface area contributed by atoms with Crippen molar-refractivity contribution in [3.8, 4) is 5.69 Å². The van der Waals surface area contributed by atoms with Crippen LogP contribution in [0.1, 0.15) is 15.9 Å². The fraction of sp³-hybridized carbons (Fsp3) is 0.150. The third kappa shape index (κ3) is 5.67. The van der Waals surface area contributed by atoms with Gasteiger partial charge < -0.3 is 16.4 Å². The van der Waals surface area contributed by atoms with Gasteiger partial charge in [0.2, 0.25) is 11.8 Å². The molecule has 30 heavy (non-hydrogen) atoms. The Labute approximate surface area is 177 Å². The number of thioether (sulfide) groups is 1. The molecule has 0 unspecified atom stereocenters. The number of benzene rings is 2. The molecule has 10 heteroatoms. The number of hydrogen-bond acceptors (Lipinski definition) is 6. The lowest BCUT2D eigenvalue weighted by molar-refractivity contribution is -0.117. The normalized spacial score (nSPS) is 10.4. The first-order valence-electron chi connectivity index (χ1n) is 8.98.